The zero-order chi connectivity index (χ0) is 20.0. The van der Waals surface area contributed by atoms with E-state index in [1.807, 2.05) is 56.3 Å². The Hall–Kier alpha value is -3.79. The minimum Gasteiger partial charge on any atom is -0.460 e. The van der Waals surface area contributed by atoms with E-state index < -0.39 is 0 Å². The van der Waals surface area contributed by atoms with E-state index in [1.54, 1.807) is 0 Å². The third-order valence-corrected chi connectivity index (χ3v) is 5.37. The van der Waals surface area contributed by atoms with E-state index in [-0.39, 0.29) is 0 Å². The van der Waals surface area contributed by atoms with Gasteiger partial charge in [-0.05, 0) is 36.6 Å². The van der Waals surface area contributed by atoms with Crippen LogP contribution < -0.4 is 11.4 Å². The van der Waals surface area contributed by atoms with E-state index in [9.17, 15) is 0 Å². The summed E-state index contributed by atoms with van der Waals surface area (Å²) in [5.41, 5.74) is 7.22. The first-order valence-corrected chi connectivity index (χ1v) is 9.52. The monoisotopic (exact) mass is 380 g/mol. The van der Waals surface area contributed by atoms with E-state index in [4.69, 9.17) is 14.7 Å². The predicted octanol–water partition coefficient (Wildman–Crippen LogP) is 5.90. The van der Waals surface area contributed by atoms with Crippen LogP contribution in [0.5, 0.6) is 0 Å². The maximum absolute atomic E-state index is 6.19. The van der Waals surface area contributed by atoms with Crippen LogP contribution in [0.15, 0.2) is 86.7 Å². The highest BCUT2D eigenvalue weighted by Gasteiger charge is 2.19. The molecule has 0 bridgehead atoms. The largest absolute Gasteiger partial charge is 0.460 e. The third-order valence-electron chi connectivity index (χ3n) is 5.37. The number of benzene rings is 3. The van der Waals surface area contributed by atoms with Gasteiger partial charge in [-0.15, -0.1) is 5.10 Å². The van der Waals surface area contributed by atoms with Crippen LogP contribution in [0.3, 0.4) is 0 Å². The predicted molar refractivity (Wildman–Crippen MR) is 116 cm³/mol. The molecule has 2 N–H and O–H groups in total. The lowest BCUT2D eigenvalue weighted by molar-refractivity contribution is 0.532. The van der Waals surface area contributed by atoms with Crippen LogP contribution in [-0.4, -0.2) is 0 Å². The number of furan rings is 1. The van der Waals surface area contributed by atoms with E-state index in [0.717, 1.165) is 55.5 Å². The Morgan fingerprint density at radius 1 is 0.724 bits per heavy atom. The van der Waals surface area contributed by atoms with Crippen molar-refractivity contribution in [1.82, 2.24) is 0 Å². The average molecular weight is 380 g/mol. The summed E-state index contributed by atoms with van der Waals surface area (Å²) in [5.74, 6) is 6.45. The van der Waals surface area contributed by atoms with Gasteiger partial charge in [0.05, 0.1) is 0 Å². The van der Waals surface area contributed by atoms with Gasteiger partial charge in [-0.3, -0.25) is 0 Å². The van der Waals surface area contributed by atoms with Crippen molar-refractivity contribution < 1.29 is 8.83 Å². The molecule has 4 heteroatoms. The Morgan fingerprint density at radius 3 is 2.00 bits per heavy atom. The van der Waals surface area contributed by atoms with Crippen molar-refractivity contribution in [2.45, 2.75) is 13.8 Å². The Labute approximate surface area is 167 Å². The minimum absolute atomic E-state index is 0.380. The van der Waals surface area contributed by atoms with Gasteiger partial charge in [0, 0.05) is 28.0 Å². The first kappa shape index (κ1) is 17.3. The molecule has 0 spiro atoms. The molecule has 0 aliphatic rings. The summed E-state index contributed by atoms with van der Waals surface area (Å²) >= 11 is 0. The van der Waals surface area contributed by atoms with Gasteiger partial charge in [-0.25, -0.2) is 0 Å². The molecule has 0 aliphatic carbocycles. The third kappa shape index (κ3) is 2.72. The number of nitrogens with zero attached hydrogens (tertiary/aromatic N) is 1. The number of hydrogen-bond donors (Lipinski definition) is 1. The van der Waals surface area contributed by atoms with Crippen LogP contribution in [0.25, 0.3) is 44.2 Å². The van der Waals surface area contributed by atoms with E-state index in [0.29, 0.717) is 5.55 Å². The highest BCUT2D eigenvalue weighted by molar-refractivity contribution is 6.08. The fourth-order valence-electron chi connectivity index (χ4n) is 4.04. The molecule has 5 rings (SSSR count). The molecule has 0 saturated heterocycles. The molecular formula is C25H20N2O2. The number of nitrogens with two attached hydrogens (primary N) is 1. The smallest absolute Gasteiger partial charge is 0.236 e. The Kier molecular flexibility index (Phi) is 3.98. The van der Waals surface area contributed by atoms with Crippen LogP contribution in [0.1, 0.15) is 11.3 Å². The van der Waals surface area contributed by atoms with Crippen molar-refractivity contribution >= 4 is 21.9 Å². The topological polar surface area (TPSA) is 64.7 Å². The molecule has 2 aromatic heterocycles. The van der Waals surface area contributed by atoms with Crippen LogP contribution in [-0.2, 0) is 0 Å². The van der Waals surface area contributed by atoms with Gasteiger partial charge in [0.1, 0.15) is 16.9 Å². The Balaban J connectivity index is 1.95. The minimum atomic E-state index is 0.380. The summed E-state index contributed by atoms with van der Waals surface area (Å²) in [6.45, 7) is 4.02. The number of aryl methyl sites for hydroxylation is 2. The fourth-order valence-corrected chi connectivity index (χ4v) is 4.04. The summed E-state index contributed by atoms with van der Waals surface area (Å²) in [7, 11) is 0. The zero-order valence-corrected chi connectivity index (χ0v) is 16.3. The van der Waals surface area contributed by atoms with Gasteiger partial charge in [-0.2, -0.15) is 0 Å². The lowest BCUT2D eigenvalue weighted by atomic mass is 9.96. The summed E-state index contributed by atoms with van der Waals surface area (Å²) in [5, 5.41) is 5.88. The molecule has 142 valence electrons. The van der Waals surface area contributed by atoms with E-state index >= 15 is 0 Å². The molecule has 0 fully saturated rings. The second kappa shape index (κ2) is 6.67. The first-order valence-electron chi connectivity index (χ1n) is 9.52. The summed E-state index contributed by atoms with van der Waals surface area (Å²) < 4.78 is 12.2. The van der Waals surface area contributed by atoms with Crippen molar-refractivity contribution in [3.8, 4) is 22.3 Å². The maximum atomic E-state index is 6.19. The van der Waals surface area contributed by atoms with E-state index in [1.165, 1.54) is 0 Å². The molecule has 5 aromatic rings. The molecule has 0 saturated carbocycles. The maximum Gasteiger partial charge on any atom is 0.236 e. The molecule has 3 aromatic carbocycles. The lowest BCUT2D eigenvalue weighted by Crippen LogP contribution is -2.05. The van der Waals surface area contributed by atoms with Crippen molar-refractivity contribution in [3.05, 3.63) is 89.7 Å². The summed E-state index contributed by atoms with van der Waals surface area (Å²) in [6, 6.07) is 24.6. The van der Waals surface area contributed by atoms with Crippen molar-refractivity contribution in [2.24, 2.45) is 10.9 Å². The molecule has 0 amide bonds. The molecule has 2 heterocycles. The van der Waals surface area contributed by atoms with Gasteiger partial charge in [0.15, 0.2) is 0 Å². The SMILES string of the molecule is Cc1oc2c(C)c3o/c(=N/N)cc(-c4ccccc4)c3cc2c1-c1ccccc1. The average Bonchev–Trinajstić information content (AvgIpc) is 3.10. The second-order valence-electron chi connectivity index (χ2n) is 7.15. The van der Waals surface area contributed by atoms with Gasteiger partial charge in [-0.1, -0.05) is 60.7 Å². The molecule has 0 aliphatic heterocycles. The summed E-state index contributed by atoms with van der Waals surface area (Å²) in [4.78, 5) is 0. The molecule has 0 atom stereocenters. The first-order chi connectivity index (χ1) is 14.2. The number of rotatable bonds is 2. The van der Waals surface area contributed by atoms with Gasteiger partial charge < -0.3 is 14.7 Å². The Morgan fingerprint density at radius 2 is 1.34 bits per heavy atom. The van der Waals surface area contributed by atoms with Crippen molar-refractivity contribution in [1.29, 1.82) is 0 Å². The molecule has 0 radical (unpaired) electrons. The van der Waals surface area contributed by atoms with Crippen LogP contribution in [0.4, 0.5) is 0 Å². The lowest BCUT2D eigenvalue weighted by Gasteiger charge is -2.09. The summed E-state index contributed by atoms with van der Waals surface area (Å²) in [6.07, 6.45) is 0. The van der Waals surface area contributed by atoms with Crippen molar-refractivity contribution in [3.63, 3.8) is 0 Å². The van der Waals surface area contributed by atoms with Crippen LogP contribution in [0, 0.1) is 13.8 Å². The number of fused-ring (bicyclic) bond motifs is 2. The standard InChI is InChI=1S/C25H20N2O2/c1-15-24-20(19(14-22(27-26)29-24)17-9-5-3-6-10-17)13-21-23(16(2)28-25(15)21)18-11-7-4-8-12-18/h3-14H,26H2,1-2H3/b27-22+. The molecular weight excluding hydrogens is 360 g/mol. The molecule has 29 heavy (non-hydrogen) atoms. The second-order valence-corrected chi connectivity index (χ2v) is 7.15. The van der Waals surface area contributed by atoms with Gasteiger partial charge in [0.2, 0.25) is 5.55 Å². The highest BCUT2D eigenvalue weighted by atomic mass is 16.3. The Bertz CT molecular complexity index is 1410. The number of hydrogen-bond acceptors (Lipinski definition) is 4. The van der Waals surface area contributed by atoms with Gasteiger partial charge >= 0.3 is 0 Å². The highest BCUT2D eigenvalue weighted by Crippen LogP contribution is 2.40. The molecule has 4 nitrogen and oxygen atoms in total. The molecule has 0 unspecified atom stereocenters. The quantitative estimate of drug-likeness (QED) is 0.306. The van der Waals surface area contributed by atoms with Crippen LogP contribution >= 0.6 is 0 Å². The fraction of sp³-hybridized carbons (Fsp3) is 0.0800. The van der Waals surface area contributed by atoms with Crippen molar-refractivity contribution in [2.75, 3.05) is 0 Å². The normalized spacial score (nSPS) is 12.1. The zero-order valence-electron chi connectivity index (χ0n) is 16.3. The van der Waals surface area contributed by atoms with Gasteiger partial charge in [0.25, 0.3) is 0 Å². The van der Waals surface area contributed by atoms with E-state index in [2.05, 4.69) is 35.4 Å². The van der Waals surface area contributed by atoms with Crippen LogP contribution in [0.2, 0.25) is 0 Å².